The Kier molecular flexibility index (Phi) is 9.33. The average molecular weight is 420 g/mol. The van der Waals surface area contributed by atoms with E-state index < -0.39 is 8.56 Å². The van der Waals surface area contributed by atoms with Gasteiger partial charge in [0.15, 0.2) is 0 Å². The van der Waals surface area contributed by atoms with E-state index in [-0.39, 0.29) is 0 Å². The van der Waals surface area contributed by atoms with Crippen LogP contribution in [-0.2, 0) is 4.74 Å². The molecule has 1 saturated carbocycles. The molecule has 2 rings (SSSR count). The summed E-state index contributed by atoms with van der Waals surface area (Å²) in [4.78, 5) is 0. The van der Waals surface area contributed by atoms with Gasteiger partial charge in [0.1, 0.15) is 0 Å². The number of isothiocyanates is 3. The van der Waals surface area contributed by atoms with Gasteiger partial charge in [-0.1, -0.05) is 30.3 Å². The van der Waals surface area contributed by atoms with Crippen molar-refractivity contribution in [3.05, 3.63) is 35.9 Å². The van der Waals surface area contributed by atoms with Gasteiger partial charge in [0.05, 0.1) is 21.6 Å². The maximum absolute atomic E-state index is 6.05. The minimum atomic E-state index is -2.79. The van der Waals surface area contributed by atoms with Crippen molar-refractivity contribution < 1.29 is 4.74 Å². The first-order valence-corrected chi connectivity index (χ1v) is 11.9. The third kappa shape index (κ3) is 6.51. The van der Waals surface area contributed by atoms with Gasteiger partial charge < -0.3 is 4.74 Å². The molecule has 1 aliphatic carbocycles. The smallest absolute Gasteiger partial charge is 0.378 e. The van der Waals surface area contributed by atoms with Crippen molar-refractivity contribution in [3.63, 3.8) is 0 Å². The second kappa shape index (κ2) is 11.5. The highest BCUT2D eigenvalue weighted by atomic mass is 32.1. The summed E-state index contributed by atoms with van der Waals surface area (Å²) in [5.74, 6) is 0.655. The minimum absolute atomic E-state index is 0.322. The zero-order valence-corrected chi connectivity index (χ0v) is 17.9. The fourth-order valence-electron chi connectivity index (χ4n) is 3.31. The first-order chi connectivity index (χ1) is 12.7. The molecule has 0 heterocycles. The highest BCUT2D eigenvalue weighted by Gasteiger charge is 2.34. The molecule has 1 aromatic rings. The quantitative estimate of drug-likeness (QED) is 0.234. The standard InChI is InChI=1S/C18H21N3OS3Si/c23-13-19-26(20-14-24,21-15-25)12-4-11-22-18-9-7-17(8-10-18)16-5-2-1-3-6-16/h1-3,5-6,17-18H,4,7-12H2. The lowest BCUT2D eigenvalue weighted by Crippen LogP contribution is -2.28. The molecule has 8 heteroatoms. The molecule has 0 atom stereocenters. The molecule has 1 aromatic carbocycles. The number of ether oxygens (including phenoxy) is 1. The molecule has 1 aliphatic rings. The van der Waals surface area contributed by atoms with Gasteiger partial charge in [-0.25, -0.2) is 14.0 Å². The van der Waals surface area contributed by atoms with E-state index in [1.165, 1.54) is 18.4 Å². The molecule has 0 spiro atoms. The van der Waals surface area contributed by atoms with E-state index >= 15 is 0 Å². The maximum Gasteiger partial charge on any atom is 0.461 e. The van der Waals surface area contributed by atoms with Crippen LogP contribution < -0.4 is 0 Å². The van der Waals surface area contributed by atoms with Crippen molar-refractivity contribution in [1.29, 1.82) is 0 Å². The van der Waals surface area contributed by atoms with Crippen LogP contribution in [0.5, 0.6) is 0 Å². The molecular weight excluding hydrogens is 399 g/mol. The van der Waals surface area contributed by atoms with Gasteiger partial charge in [0, 0.05) is 12.7 Å². The van der Waals surface area contributed by atoms with Crippen molar-refractivity contribution in [2.24, 2.45) is 14.0 Å². The van der Waals surface area contributed by atoms with E-state index in [2.05, 4.69) is 59.8 Å². The Morgan fingerprint density at radius 3 is 2.04 bits per heavy atom. The minimum Gasteiger partial charge on any atom is -0.378 e. The topological polar surface area (TPSA) is 46.3 Å². The van der Waals surface area contributed by atoms with Crippen LogP contribution in [0.3, 0.4) is 0 Å². The number of hydrogen-bond acceptors (Lipinski definition) is 7. The molecular formula is C18H21N3OS3Si. The van der Waals surface area contributed by atoms with Crippen molar-refractivity contribution in [2.75, 3.05) is 6.61 Å². The molecule has 136 valence electrons. The highest BCUT2D eigenvalue weighted by Crippen LogP contribution is 2.34. The summed E-state index contributed by atoms with van der Waals surface area (Å²) in [5, 5.41) is 7.07. The van der Waals surface area contributed by atoms with E-state index in [0.29, 0.717) is 24.7 Å². The lowest BCUT2D eigenvalue weighted by atomic mass is 9.83. The van der Waals surface area contributed by atoms with Crippen LogP contribution in [-0.4, -0.2) is 36.8 Å². The van der Waals surface area contributed by atoms with Crippen LogP contribution >= 0.6 is 36.7 Å². The van der Waals surface area contributed by atoms with Gasteiger partial charge in [0.2, 0.25) is 0 Å². The van der Waals surface area contributed by atoms with Gasteiger partial charge in [0.25, 0.3) is 0 Å². The SMILES string of the molecule is S=C=N[Si](CCCOC1CCC(c2ccccc2)CC1)(N=C=S)N=C=S. The fourth-order valence-corrected chi connectivity index (χ4v) is 6.17. The zero-order chi connectivity index (χ0) is 18.7. The van der Waals surface area contributed by atoms with Crippen molar-refractivity contribution in [2.45, 2.75) is 50.2 Å². The van der Waals surface area contributed by atoms with Crippen molar-refractivity contribution >= 4 is 60.7 Å². The van der Waals surface area contributed by atoms with Crippen LogP contribution in [0.15, 0.2) is 44.3 Å². The number of benzene rings is 1. The van der Waals surface area contributed by atoms with Crippen LogP contribution in [0.4, 0.5) is 0 Å². The van der Waals surface area contributed by atoms with E-state index in [4.69, 9.17) is 41.4 Å². The molecule has 0 saturated heterocycles. The molecule has 4 nitrogen and oxygen atoms in total. The number of hydrogen-bond donors (Lipinski definition) is 0. The first-order valence-electron chi connectivity index (χ1n) is 8.66. The Morgan fingerprint density at radius 2 is 1.50 bits per heavy atom. The van der Waals surface area contributed by atoms with Crippen LogP contribution in [0.1, 0.15) is 43.6 Å². The summed E-state index contributed by atoms with van der Waals surface area (Å²) in [6, 6.07) is 11.4. The monoisotopic (exact) mass is 419 g/mol. The molecule has 0 unspecified atom stereocenters. The summed E-state index contributed by atoms with van der Waals surface area (Å²) in [6.07, 6.45) is 5.63. The van der Waals surface area contributed by atoms with E-state index in [0.717, 1.165) is 19.3 Å². The summed E-state index contributed by atoms with van der Waals surface area (Å²) in [5.41, 5.74) is 1.44. The molecule has 26 heavy (non-hydrogen) atoms. The molecule has 0 aliphatic heterocycles. The van der Waals surface area contributed by atoms with Gasteiger partial charge in [-0.2, -0.15) is 0 Å². The van der Waals surface area contributed by atoms with Gasteiger partial charge in [-0.05, 0) is 80.2 Å². The molecule has 0 aromatic heterocycles. The van der Waals surface area contributed by atoms with E-state index in [1.807, 2.05) is 0 Å². The zero-order valence-electron chi connectivity index (χ0n) is 14.5. The lowest BCUT2D eigenvalue weighted by molar-refractivity contribution is 0.0250. The second-order valence-corrected chi connectivity index (χ2v) is 9.51. The van der Waals surface area contributed by atoms with Crippen LogP contribution in [0, 0.1) is 0 Å². The first kappa shape index (κ1) is 21.1. The predicted molar refractivity (Wildman–Crippen MR) is 118 cm³/mol. The fraction of sp³-hybridized carbons (Fsp3) is 0.500. The number of rotatable bonds is 9. The number of nitrogens with zero attached hydrogens (tertiary/aromatic N) is 3. The Labute approximate surface area is 171 Å². The largest absolute Gasteiger partial charge is 0.461 e. The van der Waals surface area contributed by atoms with Crippen molar-refractivity contribution in [3.8, 4) is 0 Å². The van der Waals surface area contributed by atoms with Gasteiger partial charge in [-0.15, -0.1) is 0 Å². The Morgan fingerprint density at radius 1 is 0.923 bits per heavy atom. The Bertz CT molecular complexity index is 673. The van der Waals surface area contributed by atoms with Crippen LogP contribution in [0.2, 0.25) is 6.04 Å². The molecule has 0 N–H and O–H groups in total. The van der Waals surface area contributed by atoms with Crippen molar-refractivity contribution in [1.82, 2.24) is 0 Å². The summed E-state index contributed by atoms with van der Waals surface area (Å²) in [6.45, 7) is 0.641. The second-order valence-electron chi connectivity index (χ2n) is 6.24. The predicted octanol–water partition coefficient (Wildman–Crippen LogP) is 5.37. The Balaban J connectivity index is 1.77. The van der Waals surface area contributed by atoms with Gasteiger partial charge in [-0.3, -0.25) is 0 Å². The maximum atomic E-state index is 6.05. The highest BCUT2D eigenvalue weighted by molar-refractivity contribution is 7.78. The summed E-state index contributed by atoms with van der Waals surface area (Å²) < 4.78 is 18.4. The molecule has 0 radical (unpaired) electrons. The van der Waals surface area contributed by atoms with E-state index in [9.17, 15) is 0 Å². The third-order valence-corrected chi connectivity index (χ3v) is 7.82. The molecule has 0 amide bonds. The number of thiocarbonyl (C=S) groups is 3. The normalized spacial score (nSPS) is 21.4. The molecule has 0 bridgehead atoms. The van der Waals surface area contributed by atoms with E-state index in [1.54, 1.807) is 0 Å². The van der Waals surface area contributed by atoms with Gasteiger partial charge >= 0.3 is 8.56 Å². The van der Waals surface area contributed by atoms with Crippen LogP contribution in [0.25, 0.3) is 0 Å². The summed E-state index contributed by atoms with van der Waals surface area (Å²) in [7, 11) is -2.79. The molecule has 1 fully saturated rings. The summed E-state index contributed by atoms with van der Waals surface area (Å²) >= 11 is 14.1. The Hall–Kier alpha value is -1.20. The average Bonchev–Trinajstić information content (AvgIpc) is 2.67. The third-order valence-electron chi connectivity index (χ3n) is 4.63. The lowest BCUT2D eigenvalue weighted by Gasteiger charge is -2.29.